The van der Waals surface area contributed by atoms with Gasteiger partial charge in [0.25, 0.3) is 0 Å². The lowest BCUT2D eigenvalue weighted by molar-refractivity contribution is -0.156. The van der Waals surface area contributed by atoms with Crippen LogP contribution in [0.25, 0.3) is 0 Å². The molecule has 0 amide bonds. The van der Waals surface area contributed by atoms with Crippen LogP contribution in [0.5, 0.6) is 11.5 Å². The Hall–Kier alpha value is -3.26. The number of ether oxygens (including phenoxy) is 4. The summed E-state index contributed by atoms with van der Waals surface area (Å²) in [7, 11) is 1.40. The third-order valence-electron chi connectivity index (χ3n) is 5.97. The molecule has 0 radical (unpaired) electrons. The Labute approximate surface area is 219 Å². The number of hydrogen-bond acceptors (Lipinski definition) is 8. The van der Waals surface area contributed by atoms with Crippen molar-refractivity contribution >= 4 is 17.7 Å². The molecule has 1 heterocycles. The van der Waals surface area contributed by atoms with E-state index in [9.17, 15) is 14.4 Å². The predicted molar refractivity (Wildman–Crippen MR) is 140 cm³/mol. The quantitative estimate of drug-likeness (QED) is 0.185. The molecule has 1 aromatic heterocycles. The van der Waals surface area contributed by atoms with Gasteiger partial charge in [0.05, 0.1) is 19.6 Å². The number of esters is 2. The lowest BCUT2D eigenvalue weighted by atomic mass is 9.95. The van der Waals surface area contributed by atoms with E-state index in [1.54, 1.807) is 6.92 Å². The number of ketones is 1. The Bertz CT molecular complexity index is 1020. The zero-order valence-electron chi connectivity index (χ0n) is 22.7. The Balaban J connectivity index is 2.06. The number of carbonyl (C=O) groups is 3. The fourth-order valence-electron chi connectivity index (χ4n) is 3.72. The van der Waals surface area contributed by atoms with Gasteiger partial charge in [-0.1, -0.05) is 51.1 Å². The summed E-state index contributed by atoms with van der Waals surface area (Å²) in [6.45, 7) is 10.1. The molecule has 8 heteroatoms. The van der Waals surface area contributed by atoms with Gasteiger partial charge in [0.2, 0.25) is 5.75 Å². The van der Waals surface area contributed by atoms with Crippen LogP contribution in [0.4, 0.5) is 0 Å². The summed E-state index contributed by atoms with van der Waals surface area (Å²) in [6, 6.07) is 11.5. The normalized spacial score (nSPS) is 13.5. The number of benzene rings is 1. The van der Waals surface area contributed by atoms with Crippen LogP contribution in [-0.2, 0) is 25.5 Å². The number of rotatable bonds is 15. The fraction of sp³-hybridized carbons (Fsp3) is 0.517. The van der Waals surface area contributed by atoms with Crippen LogP contribution < -0.4 is 9.47 Å². The standard InChI is InChI=1S/C29H39NO7/c1-19(2)13-15-35-18-24(17-23-10-8-7-9-11-23)21(4)36-29(33)20(3)16-25(32)27-28(37-22(5)31)26(34-6)12-14-30-27/h7-12,14,19-21,24H,13,15-18H2,1-6H3/t20-,21+,24-/m1/s1. The Kier molecular flexibility index (Phi) is 12.2. The van der Waals surface area contributed by atoms with E-state index in [1.807, 2.05) is 37.3 Å². The summed E-state index contributed by atoms with van der Waals surface area (Å²) in [5.41, 5.74) is 1.07. The molecule has 0 bridgehead atoms. The first-order valence-electron chi connectivity index (χ1n) is 12.7. The third-order valence-corrected chi connectivity index (χ3v) is 5.97. The number of methoxy groups -OCH3 is 1. The van der Waals surface area contributed by atoms with Crippen molar-refractivity contribution in [3.05, 3.63) is 53.9 Å². The minimum atomic E-state index is -0.729. The van der Waals surface area contributed by atoms with Crippen molar-refractivity contribution in [2.75, 3.05) is 20.3 Å². The van der Waals surface area contributed by atoms with E-state index in [2.05, 4.69) is 18.8 Å². The van der Waals surface area contributed by atoms with Crippen LogP contribution in [0.15, 0.2) is 42.6 Å². The molecule has 0 spiro atoms. The monoisotopic (exact) mass is 513 g/mol. The molecule has 1 aromatic carbocycles. The third kappa shape index (κ3) is 9.96. The largest absolute Gasteiger partial charge is 0.493 e. The SMILES string of the molecule is COc1ccnc(C(=O)C[C@@H](C)C(=O)O[C@@H](C)[C@@H](COCCC(C)C)Cc2ccccc2)c1OC(C)=O. The highest BCUT2D eigenvalue weighted by molar-refractivity contribution is 5.99. The van der Waals surface area contributed by atoms with Gasteiger partial charge in [-0.25, -0.2) is 4.98 Å². The summed E-state index contributed by atoms with van der Waals surface area (Å²) in [4.78, 5) is 41.5. The van der Waals surface area contributed by atoms with Crippen molar-refractivity contribution in [3.63, 3.8) is 0 Å². The van der Waals surface area contributed by atoms with E-state index < -0.39 is 29.7 Å². The average molecular weight is 514 g/mol. The molecule has 37 heavy (non-hydrogen) atoms. The van der Waals surface area contributed by atoms with Gasteiger partial charge in [-0.3, -0.25) is 14.4 Å². The highest BCUT2D eigenvalue weighted by Gasteiger charge is 2.28. The lowest BCUT2D eigenvalue weighted by Crippen LogP contribution is -2.32. The van der Waals surface area contributed by atoms with Crippen LogP contribution in [0, 0.1) is 17.8 Å². The van der Waals surface area contributed by atoms with Crippen LogP contribution >= 0.6 is 0 Å². The number of Topliss-reactive ketones (excluding diaryl/α,β-unsaturated/α-hetero) is 1. The molecule has 0 N–H and O–H groups in total. The maximum Gasteiger partial charge on any atom is 0.309 e. The molecular formula is C29H39NO7. The minimum Gasteiger partial charge on any atom is -0.493 e. The molecule has 8 nitrogen and oxygen atoms in total. The Morgan fingerprint density at radius 3 is 2.32 bits per heavy atom. The van der Waals surface area contributed by atoms with Gasteiger partial charge in [0.15, 0.2) is 17.2 Å². The highest BCUT2D eigenvalue weighted by atomic mass is 16.6. The van der Waals surface area contributed by atoms with Crippen molar-refractivity contribution < 1.29 is 33.3 Å². The summed E-state index contributed by atoms with van der Waals surface area (Å²) in [6.07, 6.45) is 2.46. The van der Waals surface area contributed by atoms with Crippen LogP contribution in [-0.4, -0.2) is 49.1 Å². The van der Waals surface area contributed by atoms with Crippen LogP contribution in [0.2, 0.25) is 0 Å². The summed E-state index contributed by atoms with van der Waals surface area (Å²) >= 11 is 0. The topological polar surface area (TPSA) is 101 Å². The molecule has 0 saturated heterocycles. The number of carbonyl (C=O) groups excluding carboxylic acids is 3. The van der Waals surface area contributed by atoms with Gasteiger partial charge in [-0.05, 0) is 31.2 Å². The predicted octanol–water partition coefficient (Wildman–Crippen LogP) is 5.08. The first-order valence-corrected chi connectivity index (χ1v) is 12.7. The maximum atomic E-state index is 13.0. The van der Waals surface area contributed by atoms with E-state index in [-0.39, 0.29) is 29.5 Å². The molecule has 0 fully saturated rings. The molecule has 0 unspecified atom stereocenters. The van der Waals surface area contributed by atoms with Gasteiger partial charge >= 0.3 is 11.9 Å². The van der Waals surface area contributed by atoms with Gasteiger partial charge < -0.3 is 18.9 Å². The van der Waals surface area contributed by atoms with Gasteiger partial charge in [-0.15, -0.1) is 0 Å². The first kappa shape index (κ1) is 30.0. The Morgan fingerprint density at radius 2 is 1.70 bits per heavy atom. The smallest absolute Gasteiger partial charge is 0.309 e. The summed E-state index contributed by atoms with van der Waals surface area (Å²) in [5.74, 6) is -1.63. The van der Waals surface area contributed by atoms with Crippen molar-refractivity contribution in [1.82, 2.24) is 4.98 Å². The Morgan fingerprint density at radius 1 is 1.00 bits per heavy atom. The van der Waals surface area contributed by atoms with E-state index in [0.29, 0.717) is 25.6 Å². The van der Waals surface area contributed by atoms with Gasteiger partial charge in [0, 0.05) is 38.1 Å². The molecule has 0 aliphatic rings. The van der Waals surface area contributed by atoms with Crippen LogP contribution in [0.3, 0.4) is 0 Å². The second-order valence-electron chi connectivity index (χ2n) is 9.66. The zero-order chi connectivity index (χ0) is 27.4. The molecular weight excluding hydrogens is 474 g/mol. The van der Waals surface area contributed by atoms with Crippen LogP contribution in [0.1, 0.15) is 63.5 Å². The van der Waals surface area contributed by atoms with Gasteiger partial charge in [-0.2, -0.15) is 0 Å². The molecule has 3 atom stereocenters. The van der Waals surface area contributed by atoms with Crippen molar-refractivity contribution in [1.29, 1.82) is 0 Å². The average Bonchev–Trinajstić information content (AvgIpc) is 2.85. The molecule has 202 valence electrons. The molecule has 0 aliphatic heterocycles. The van der Waals surface area contributed by atoms with E-state index >= 15 is 0 Å². The molecule has 2 rings (SSSR count). The second-order valence-corrected chi connectivity index (χ2v) is 9.66. The van der Waals surface area contributed by atoms with Crippen molar-refractivity contribution in [2.24, 2.45) is 17.8 Å². The lowest BCUT2D eigenvalue weighted by Gasteiger charge is -2.25. The van der Waals surface area contributed by atoms with E-state index in [4.69, 9.17) is 18.9 Å². The molecule has 0 aliphatic carbocycles. The summed E-state index contributed by atoms with van der Waals surface area (Å²) < 4.78 is 22.1. The van der Waals surface area contributed by atoms with E-state index in [1.165, 1.54) is 26.3 Å². The molecule has 0 saturated carbocycles. The molecule has 2 aromatic rings. The number of hydrogen-bond donors (Lipinski definition) is 0. The minimum absolute atomic E-state index is 0.0444. The van der Waals surface area contributed by atoms with Crippen molar-refractivity contribution in [2.45, 2.75) is 60.0 Å². The van der Waals surface area contributed by atoms with E-state index in [0.717, 1.165) is 12.0 Å². The fourth-order valence-corrected chi connectivity index (χ4v) is 3.72. The number of aromatic nitrogens is 1. The number of pyridine rings is 1. The van der Waals surface area contributed by atoms with Gasteiger partial charge in [0.1, 0.15) is 6.10 Å². The zero-order valence-corrected chi connectivity index (χ0v) is 22.7. The highest BCUT2D eigenvalue weighted by Crippen LogP contribution is 2.31. The second kappa shape index (κ2) is 15.1. The number of nitrogens with zero attached hydrogens (tertiary/aromatic N) is 1. The summed E-state index contributed by atoms with van der Waals surface area (Å²) in [5, 5.41) is 0. The van der Waals surface area contributed by atoms with Crippen molar-refractivity contribution in [3.8, 4) is 11.5 Å². The maximum absolute atomic E-state index is 13.0. The first-order chi connectivity index (χ1) is 17.6.